The minimum absolute atomic E-state index is 0.00231. The van der Waals surface area contributed by atoms with Crippen molar-refractivity contribution >= 4 is 5.91 Å². The Kier molecular flexibility index (Phi) is 3.65. The zero-order valence-electron chi connectivity index (χ0n) is 11.0. The van der Waals surface area contributed by atoms with Crippen LogP contribution >= 0.6 is 0 Å². The number of nitrogens with one attached hydrogen (secondary N) is 1. The van der Waals surface area contributed by atoms with E-state index in [1.807, 2.05) is 25.7 Å². The summed E-state index contributed by atoms with van der Waals surface area (Å²) in [6.07, 6.45) is 0.895. The first kappa shape index (κ1) is 13.5. The average Bonchev–Trinajstić information content (AvgIpc) is 2.19. The van der Waals surface area contributed by atoms with E-state index in [1.54, 1.807) is 0 Å². The summed E-state index contributed by atoms with van der Waals surface area (Å²) in [5.74, 6) is -0.00231. The third kappa shape index (κ3) is 2.55. The molecule has 0 aromatic rings. The third-order valence-corrected chi connectivity index (χ3v) is 3.10. The predicted molar refractivity (Wildman–Crippen MR) is 64.2 cm³/mol. The molecule has 1 saturated heterocycles. The van der Waals surface area contributed by atoms with E-state index in [0.29, 0.717) is 0 Å². The van der Waals surface area contributed by atoms with Crippen molar-refractivity contribution in [2.45, 2.75) is 58.2 Å². The lowest BCUT2D eigenvalue weighted by atomic mass is 9.91. The van der Waals surface area contributed by atoms with E-state index in [9.17, 15) is 9.90 Å². The molecule has 0 saturated carbocycles. The molecule has 0 bridgehead atoms. The van der Waals surface area contributed by atoms with Crippen LogP contribution in [0.2, 0.25) is 0 Å². The fourth-order valence-electron chi connectivity index (χ4n) is 2.59. The predicted octanol–water partition coefficient (Wildman–Crippen LogP) is 0.746. The van der Waals surface area contributed by atoms with E-state index in [-0.39, 0.29) is 23.6 Å². The normalized spacial score (nSPS) is 26.8. The van der Waals surface area contributed by atoms with Crippen LogP contribution < -0.4 is 5.32 Å². The maximum Gasteiger partial charge on any atom is 0.242 e. The highest BCUT2D eigenvalue weighted by atomic mass is 16.3. The molecular weight excluding hydrogens is 204 g/mol. The van der Waals surface area contributed by atoms with Crippen LogP contribution in [0.5, 0.6) is 0 Å². The lowest BCUT2D eigenvalue weighted by molar-refractivity contribution is -0.145. The molecule has 1 rings (SSSR count). The molecule has 1 fully saturated rings. The molecule has 0 aromatic carbocycles. The lowest BCUT2D eigenvalue weighted by Crippen LogP contribution is -2.59. The van der Waals surface area contributed by atoms with Crippen molar-refractivity contribution in [2.24, 2.45) is 0 Å². The standard InChI is InChI=1S/C12H24N2O2/c1-11(2,3)14-10(16)9(8-15)13-7-6-12(14,4)5/h9,13,15H,6-8H2,1-5H3. The van der Waals surface area contributed by atoms with Crippen molar-refractivity contribution in [1.29, 1.82) is 0 Å². The molecule has 1 aliphatic heterocycles. The summed E-state index contributed by atoms with van der Waals surface area (Å²) in [6.45, 7) is 10.9. The summed E-state index contributed by atoms with van der Waals surface area (Å²) in [6, 6.07) is -0.457. The van der Waals surface area contributed by atoms with Crippen LogP contribution in [-0.4, -0.2) is 46.2 Å². The lowest BCUT2D eigenvalue weighted by Gasteiger charge is -2.46. The minimum atomic E-state index is -0.457. The van der Waals surface area contributed by atoms with Crippen LogP contribution in [0, 0.1) is 0 Å². The molecule has 94 valence electrons. The summed E-state index contributed by atoms with van der Waals surface area (Å²) in [4.78, 5) is 14.2. The van der Waals surface area contributed by atoms with Gasteiger partial charge in [-0.25, -0.2) is 0 Å². The Balaban J connectivity index is 3.08. The van der Waals surface area contributed by atoms with E-state index in [4.69, 9.17) is 0 Å². The number of amides is 1. The second-order valence-corrected chi connectivity index (χ2v) is 6.10. The highest BCUT2D eigenvalue weighted by Crippen LogP contribution is 2.30. The largest absolute Gasteiger partial charge is 0.394 e. The second kappa shape index (κ2) is 4.34. The van der Waals surface area contributed by atoms with E-state index >= 15 is 0 Å². The molecular formula is C12H24N2O2. The van der Waals surface area contributed by atoms with E-state index in [1.165, 1.54) is 0 Å². The summed E-state index contributed by atoms with van der Waals surface area (Å²) in [5, 5.41) is 12.3. The van der Waals surface area contributed by atoms with Crippen molar-refractivity contribution in [2.75, 3.05) is 13.2 Å². The van der Waals surface area contributed by atoms with Gasteiger partial charge in [0.25, 0.3) is 0 Å². The van der Waals surface area contributed by atoms with Crippen molar-refractivity contribution in [3.63, 3.8) is 0 Å². The van der Waals surface area contributed by atoms with Crippen molar-refractivity contribution in [1.82, 2.24) is 10.2 Å². The maximum atomic E-state index is 12.3. The minimum Gasteiger partial charge on any atom is -0.394 e. The van der Waals surface area contributed by atoms with Crippen molar-refractivity contribution in [3.05, 3.63) is 0 Å². The summed E-state index contributed by atoms with van der Waals surface area (Å²) in [5.41, 5.74) is -0.397. The number of hydrogen-bond acceptors (Lipinski definition) is 3. The molecule has 1 amide bonds. The molecule has 4 nitrogen and oxygen atoms in total. The van der Waals surface area contributed by atoms with Crippen LogP contribution in [0.4, 0.5) is 0 Å². The van der Waals surface area contributed by atoms with E-state index < -0.39 is 6.04 Å². The second-order valence-electron chi connectivity index (χ2n) is 6.10. The smallest absolute Gasteiger partial charge is 0.242 e. The Bertz CT molecular complexity index is 269. The Morgan fingerprint density at radius 2 is 2.06 bits per heavy atom. The molecule has 16 heavy (non-hydrogen) atoms. The van der Waals surface area contributed by atoms with Gasteiger partial charge < -0.3 is 15.3 Å². The number of carbonyl (C=O) groups is 1. The Morgan fingerprint density at radius 1 is 1.50 bits per heavy atom. The van der Waals surface area contributed by atoms with Gasteiger partial charge in [-0.05, 0) is 47.6 Å². The molecule has 1 aliphatic rings. The molecule has 0 radical (unpaired) electrons. The van der Waals surface area contributed by atoms with Gasteiger partial charge in [-0.15, -0.1) is 0 Å². The molecule has 1 heterocycles. The van der Waals surface area contributed by atoms with Gasteiger partial charge in [-0.3, -0.25) is 4.79 Å². The zero-order chi connectivity index (χ0) is 12.6. The fourth-order valence-corrected chi connectivity index (χ4v) is 2.59. The monoisotopic (exact) mass is 228 g/mol. The van der Waals surface area contributed by atoms with Crippen LogP contribution in [0.3, 0.4) is 0 Å². The van der Waals surface area contributed by atoms with Gasteiger partial charge in [0, 0.05) is 11.1 Å². The summed E-state index contributed by atoms with van der Waals surface area (Å²) in [7, 11) is 0. The van der Waals surface area contributed by atoms with Crippen LogP contribution in [-0.2, 0) is 4.79 Å². The molecule has 0 aliphatic carbocycles. The Morgan fingerprint density at radius 3 is 2.50 bits per heavy atom. The molecule has 4 heteroatoms. The number of hydrogen-bond donors (Lipinski definition) is 2. The van der Waals surface area contributed by atoms with Gasteiger partial charge in [-0.2, -0.15) is 0 Å². The molecule has 0 aromatic heterocycles. The van der Waals surface area contributed by atoms with Gasteiger partial charge in [0.2, 0.25) is 5.91 Å². The number of nitrogens with zero attached hydrogens (tertiary/aromatic N) is 1. The fraction of sp³-hybridized carbons (Fsp3) is 0.917. The van der Waals surface area contributed by atoms with Gasteiger partial charge in [0.05, 0.1) is 6.61 Å². The average molecular weight is 228 g/mol. The first-order valence-corrected chi connectivity index (χ1v) is 5.88. The van der Waals surface area contributed by atoms with Gasteiger partial charge >= 0.3 is 0 Å². The van der Waals surface area contributed by atoms with Crippen molar-refractivity contribution in [3.8, 4) is 0 Å². The number of carbonyl (C=O) groups excluding carboxylic acids is 1. The van der Waals surface area contributed by atoms with Gasteiger partial charge in [0.1, 0.15) is 6.04 Å². The Hall–Kier alpha value is -0.610. The number of rotatable bonds is 1. The molecule has 0 spiro atoms. The number of aliphatic hydroxyl groups excluding tert-OH is 1. The van der Waals surface area contributed by atoms with Gasteiger partial charge in [0.15, 0.2) is 0 Å². The quantitative estimate of drug-likeness (QED) is 0.696. The Labute approximate surface area is 98.0 Å². The third-order valence-electron chi connectivity index (χ3n) is 3.10. The maximum absolute atomic E-state index is 12.3. The SMILES string of the molecule is CC(C)(C)N1C(=O)C(CO)NCCC1(C)C. The van der Waals surface area contributed by atoms with Crippen LogP contribution in [0.15, 0.2) is 0 Å². The first-order chi connectivity index (χ1) is 7.20. The van der Waals surface area contributed by atoms with Crippen molar-refractivity contribution < 1.29 is 9.90 Å². The highest BCUT2D eigenvalue weighted by Gasteiger charge is 2.42. The molecule has 1 unspecified atom stereocenters. The van der Waals surface area contributed by atoms with E-state index in [0.717, 1.165) is 13.0 Å². The van der Waals surface area contributed by atoms with Crippen LogP contribution in [0.25, 0.3) is 0 Å². The molecule has 2 N–H and O–H groups in total. The van der Waals surface area contributed by atoms with Gasteiger partial charge in [-0.1, -0.05) is 0 Å². The molecule has 1 atom stereocenters. The van der Waals surface area contributed by atoms with E-state index in [2.05, 4.69) is 19.2 Å². The van der Waals surface area contributed by atoms with Crippen LogP contribution in [0.1, 0.15) is 41.0 Å². The topological polar surface area (TPSA) is 52.6 Å². The first-order valence-electron chi connectivity index (χ1n) is 5.88. The highest BCUT2D eigenvalue weighted by molar-refractivity contribution is 5.83. The summed E-state index contributed by atoms with van der Waals surface area (Å²) >= 11 is 0. The zero-order valence-corrected chi connectivity index (χ0v) is 11.0. The summed E-state index contributed by atoms with van der Waals surface area (Å²) < 4.78 is 0. The number of aliphatic hydroxyl groups is 1.